The van der Waals surface area contributed by atoms with E-state index >= 15 is 0 Å². The molecule has 27 heavy (non-hydrogen) atoms. The van der Waals surface area contributed by atoms with Crippen molar-refractivity contribution in [2.45, 2.75) is 0 Å². The fourth-order valence-corrected chi connectivity index (χ4v) is 2.06. The normalized spacial score (nSPS) is 9.41. The van der Waals surface area contributed by atoms with E-state index in [0.717, 1.165) is 22.8 Å². The van der Waals surface area contributed by atoms with Gasteiger partial charge >= 0.3 is 34.8 Å². The van der Waals surface area contributed by atoms with Gasteiger partial charge in [0.2, 0.25) is 0 Å². The molecule has 4 nitrogen and oxygen atoms in total. The molecule has 0 aliphatic carbocycles. The fourth-order valence-electron chi connectivity index (χ4n) is 2.06. The van der Waals surface area contributed by atoms with E-state index in [0.29, 0.717) is 0 Å². The zero-order chi connectivity index (χ0) is 19.2. The number of aromatic nitrogens is 4. The Kier molecular flexibility index (Phi) is 10.2. The van der Waals surface area contributed by atoms with Crippen molar-refractivity contribution in [1.82, 2.24) is 19.9 Å². The van der Waals surface area contributed by atoms with Gasteiger partial charge in [-0.1, -0.05) is 24.3 Å². The molecule has 139 valence electrons. The molecule has 0 saturated heterocycles. The standard InChI is InChI=1S/2C10H8N2.2ClH.Ir/c2*1-3-7-11-9(5-1)10-6-2-4-8-12-10;;;/h2*1-8H;2*1H;/q;;;;+2/p-2. The van der Waals surface area contributed by atoms with Crippen LogP contribution in [0.15, 0.2) is 97.6 Å². The van der Waals surface area contributed by atoms with Crippen LogP contribution in [0.5, 0.6) is 0 Å². The molecular formula is C20H16Cl2IrN4. The summed E-state index contributed by atoms with van der Waals surface area (Å²) in [4.78, 5) is 16.7. The third-order valence-corrected chi connectivity index (χ3v) is 3.18. The molecule has 0 aromatic carbocycles. The van der Waals surface area contributed by atoms with Gasteiger partial charge in [0.15, 0.2) is 0 Å². The Morgan fingerprint density at radius 2 is 0.667 bits per heavy atom. The van der Waals surface area contributed by atoms with Gasteiger partial charge in [0.05, 0.1) is 22.8 Å². The zero-order valence-electron chi connectivity index (χ0n) is 14.1. The van der Waals surface area contributed by atoms with Crippen LogP contribution in [0.3, 0.4) is 0 Å². The quantitative estimate of drug-likeness (QED) is 0.310. The van der Waals surface area contributed by atoms with Crippen molar-refractivity contribution in [3.8, 4) is 22.8 Å². The van der Waals surface area contributed by atoms with Gasteiger partial charge in [0, 0.05) is 24.8 Å². The van der Waals surface area contributed by atoms with Crippen LogP contribution in [0.25, 0.3) is 22.8 Å². The van der Waals surface area contributed by atoms with Crippen molar-refractivity contribution >= 4 is 19.2 Å². The van der Waals surface area contributed by atoms with Crippen LogP contribution in [0, 0.1) is 0 Å². The number of pyridine rings is 4. The SMILES string of the molecule is [Cl][Ir][Cl].c1ccc(-c2ccccn2)nc1.c1ccc(-c2ccccn2)nc1. The second-order valence-electron chi connectivity index (χ2n) is 4.91. The second kappa shape index (κ2) is 13.1. The summed E-state index contributed by atoms with van der Waals surface area (Å²) < 4.78 is 0. The minimum absolute atomic E-state index is 0.556. The van der Waals surface area contributed by atoms with Crippen molar-refractivity contribution in [3.05, 3.63) is 97.6 Å². The molecule has 0 unspecified atom stereocenters. The molecule has 0 amide bonds. The van der Waals surface area contributed by atoms with Crippen molar-refractivity contribution < 1.29 is 15.7 Å². The van der Waals surface area contributed by atoms with E-state index in [4.69, 9.17) is 19.2 Å². The van der Waals surface area contributed by atoms with Gasteiger partial charge in [0.25, 0.3) is 0 Å². The van der Waals surface area contributed by atoms with Crippen molar-refractivity contribution in [2.24, 2.45) is 0 Å². The fraction of sp³-hybridized carbons (Fsp3) is 0. The Morgan fingerprint density at radius 3 is 0.815 bits per heavy atom. The van der Waals surface area contributed by atoms with Gasteiger partial charge in [-0.2, -0.15) is 0 Å². The third-order valence-electron chi connectivity index (χ3n) is 3.18. The van der Waals surface area contributed by atoms with E-state index in [1.807, 2.05) is 72.8 Å². The second-order valence-corrected chi connectivity index (χ2v) is 8.37. The maximum atomic E-state index is 4.89. The summed E-state index contributed by atoms with van der Waals surface area (Å²) in [5.74, 6) is 0. The first-order chi connectivity index (χ1) is 13.3. The summed E-state index contributed by atoms with van der Waals surface area (Å²) in [5, 5.41) is 0. The average molecular weight is 575 g/mol. The molecule has 0 saturated carbocycles. The maximum absolute atomic E-state index is 4.89. The molecule has 0 bridgehead atoms. The van der Waals surface area contributed by atoms with Gasteiger partial charge < -0.3 is 0 Å². The van der Waals surface area contributed by atoms with E-state index in [-0.39, 0.29) is 0 Å². The van der Waals surface area contributed by atoms with E-state index in [1.54, 1.807) is 24.8 Å². The molecule has 0 spiro atoms. The van der Waals surface area contributed by atoms with Crippen LogP contribution in [-0.2, 0) is 15.7 Å². The van der Waals surface area contributed by atoms with E-state index in [9.17, 15) is 0 Å². The minimum atomic E-state index is -0.556. The van der Waals surface area contributed by atoms with Crippen LogP contribution in [0.2, 0.25) is 0 Å². The van der Waals surface area contributed by atoms with Gasteiger partial charge in [0.1, 0.15) is 0 Å². The minimum Gasteiger partial charge on any atom is -0.255 e. The summed E-state index contributed by atoms with van der Waals surface area (Å²) in [6.45, 7) is 0. The zero-order valence-corrected chi connectivity index (χ0v) is 18.0. The topological polar surface area (TPSA) is 51.6 Å². The van der Waals surface area contributed by atoms with Gasteiger partial charge in [-0.25, -0.2) is 0 Å². The first-order valence-electron chi connectivity index (χ1n) is 7.83. The maximum Gasteiger partial charge on any atom is 0.0886 e. The van der Waals surface area contributed by atoms with Crippen LogP contribution in [-0.4, -0.2) is 19.9 Å². The molecule has 0 atom stereocenters. The van der Waals surface area contributed by atoms with Crippen LogP contribution >= 0.6 is 19.2 Å². The number of nitrogens with zero attached hydrogens (tertiary/aromatic N) is 4. The van der Waals surface area contributed by atoms with Crippen LogP contribution in [0.4, 0.5) is 0 Å². The Balaban J connectivity index is 0.000000170. The summed E-state index contributed by atoms with van der Waals surface area (Å²) >= 11 is -0.556. The van der Waals surface area contributed by atoms with Crippen LogP contribution < -0.4 is 0 Å². The molecule has 0 N–H and O–H groups in total. The Hall–Kier alpha value is -2.17. The summed E-state index contributed by atoms with van der Waals surface area (Å²) in [6, 6.07) is 23.2. The number of rotatable bonds is 2. The Bertz CT molecular complexity index is 717. The molecule has 4 rings (SSSR count). The average Bonchev–Trinajstić information content (AvgIpc) is 2.77. The van der Waals surface area contributed by atoms with Crippen molar-refractivity contribution in [1.29, 1.82) is 0 Å². The van der Waals surface area contributed by atoms with E-state index in [2.05, 4.69) is 19.9 Å². The molecule has 4 aromatic rings. The predicted molar refractivity (Wildman–Crippen MR) is 107 cm³/mol. The monoisotopic (exact) mass is 575 g/mol. The molecule has 7 heteroatoms. The van der Waals surface area contributed by atoms with Crippen molar-refractivity contribution in [3.63, 3.8) is 0 Å². The largest absolute Gasteiger partial charge is 0.255 e. The third kappa shape index (κ3) is 7.93. The Morgan fingerprint density at radius 1 is 0.444 bits per heavy atom. The molecule has 0 aliphatic heterocycles. The van der Waals surface area contributed by atoms with Gasteiger partial charge in [-0.15, -0.1) is 0 Å². The van der Waals surface area contributed by atoms with E-state index in [1.165, 1.54) is 0 Å². The van der Waals surface area contributed by atoms with Gasteiger partial charge in [-0.3, -0.25) is 19.9 Å². The van der Waals surface area contributed by atoms with E-state index < -0.39 is 15.7 Å². The number of hydrogen-bond donors (Lipinski definition) is 0. The molecule has 4 heterocycles. The van der Waals surface area contributed by atoms with Gasteiger partial charge in [-0.05, 0) is 48.5 Å². The summed E-state index contributed by atoms with van der Waals surface area (Å²) in [6.07, 6.45) is 7.07. The first-order valence-corrected chi connectivity index (χ1v) is 13.8. The number of hydrogen-bond acceptors (Lipinski definition) is 4. The summed E-state index contributed by atoms with van der Waals surface area (Å²) in [7, 11) is 9.78. The Labute approximate surface area is 174 Å². The molecule has 0 aliphatic rings. The summed E-state index contributed by atoms with van der Waals surface area (Å²) in [5.41, 5.74) is 3.66. The molecule has 0 fully saturated rings. The predicted octanol–water partition coefficient (Wildman–Crippen LogP) is 5.66. The molecular weight excluding hydrogens is 559 g/mol. The molecule has 4 aromatic heterocycles. The molecule has 0 radical (unpaired) electrons. The van der Waals surface area contributed by atoms with Crippen molar-refractivity contribution in [2.75, 3.05) is 0 Å². The number of halogens is 2. The smallest absolute Gasteiger partial charge is 0.0886 e. The first kappa shape index (κ1) is 21.1. The van der Waals surface area contributed by atoms with Crippen LogP contribution in [0.1, 0.15) is 0 Å².